The van der Waals surface area contributed by atoms with Crippen LogP contribution in [-0.4, -0.2) is 53.6 Å². The topological polar surface area (TPSA) is 52.9 Å². The Hall–Kier alpha value is -0.940. The molecule has 0 unspecified atom stereocenters. The zero-order chi connectivity index (χ0) is 18.3. The molecule has 1 aromatic rings. The van der Waals surface area contributed by atoms with Gasteiger partial charge in [-0.15, -0.1) is 0 Å². The minimum absolute atomic E-state index is 0.0920. The molecule has 2 rings (SSSR count). The van der Waals surface area contributed by atoms with Gasteiger partial charge in [0.25, 0.3) is 0 Å². The molecule has 0 amide bonds. The molecular weight excluding hydrogens is 314 g/mol. The maximum absolute atomic E-state index is 10.4. The molecule has 1 aromatic carbocycles. The zero-order valence-corrected chi connectivity index (χ0v) is 16.0. The summed E-state index contributed by atoms with van der Waals surface area (Å²) in [5.41, 5.74) is 1.51. The largest absolute Gasteiger partial charge is 0.395 e. The van der Waals surface area contributed by atoms with Crippen LogP contribution in [0.25, 0.3) is 0 Å². The molecule has 4 nitrogen and oxygen atoms in total. The van der Waals surface area contributed by atoms with Crippen molar-refractivity contribution < 1.29 is 14.9 Å². The highest BCUT2D eigenvalue weighted by atomic mass is 16.5. The molecule has 0 radical (unpaired) electrons. The molecule has 0 aliphatic heterocycles. The predicted molar refractivity (Wildman–Crippen MR) is 101 cm³/mol. The van der Waals surface area contributed by atoms with Gasteiger partial charge in [0.05, 0.1) is 25.4 Å². The van der Waals surface area contributed by atoms with Crippen molar-refractivity contribution in [2.24, 2.45) is 11.3 Å². The molecule has 0 heterocycles. The first-order chi connectivity index (χ1) is 11.9. The summed E-state index contributed by atoms with van der Waals surface area (Å²) in [6.45, 7) is 9.15. The van der Waals surface area contributed by atoms with E-state index in [0.717, 1.165) is 19.4 Å². The van der Waals surface area contributed by atoms with Crippen molar-refractivity contribution in [1.82, 2.24) is 4.90 Å². The van der Waals surface area contributed by atoms with Crippen molar-refractivity contribution in [3.63, 3.8) is 0 Å². The molecule has 1 aliphatic rings. The molecule has 25 heavy (non-hydrogen) atoms. The molecule has 1 fully saturated rings. The third-order valence-corrected chi connectivity index (χ3v) is 5.01. The molecule has 0 spiro atoms. The smallest absolute Gasteiger partial charge is 0.0900 e. The Morgan fingerprint density at radius 2 is 1.96 bits per heavy atom. The number of ether oxygens (including phenoxy) is 1. The van der Waals surface area contributed by atoms with Gasteiger partial charge in [0, 0.05) is 19.6 Å². The van der Waals surface area contributed by atoms with Gasteiger partial charge in [0.1, 0.15) is 0 Å². The standard InChI is InChI=1S/C21H35NO3/c1-17-11-20(13-21(2,3)12-17)25-16-19(24)15-22(9-10-23)14-18-7-5-4-6-8-18/h4-8,17,19-20,23-24H,9-16H2,1-3H3/t17-,19-,20+/m1/s1. The van der Waals surface area contributed by atoms with Crippen molar-refractivity contribution >= 4 is 0 Å². The van der Waals surface area contributed by atoms with E-state index in [-0.39, 0.29) is 12.7 Å². The van der Waals surface area contributed by atoms with Crippen LogP contribution in [0.2, 0.25) is 0 Å². The van der Waals surface area contributed by atoms with Crippen molar-refractivity contribution in [1.29, 1.82) is 0 Å². The fraction of sp³-hybridized carbons (Fsp3) is 0.714. The van der Waals surface area contributed by atoms with Crippen LogP contribution in [0.3, 0.4) is 0 Å². The van der Waals surface area contributed by atoms with E-state index in [4.69, 9.17) is 4.74 Å². The SMILES string of the molecule is C[C@@H]1C[C@H](OC[C@H](O)CN(CCO)Cc2ccccc2)CC(C)(C)C1. The van der Waals surface area contributed by atoms with Gasteiger partial charge in [-0.2, -0.15) is 0 Å². The molecule has 4 heteroatoms. The van der Waals surface area contributed by atoms with Crippen molar-refractivity contribution in [2.45, 2.75) is 58.8 Å². The van der Waals surface area contributed by atoms with Gasteiger partial charge in [-0.3, -0.25) is 4.90 Å². The van der Waals surface area contributed by atoms with Crippen LogP contribution in [0.5, 0.6) is 0 Å². The van der Waals surface area contributed by atoms with Crippen LogP contribution in [0, 0.1) is 11.3 Å². The van der Waals surface area contributed by atoms with Crippen molar-refractivity contribution in [3.8, 4) is 0 Å². The predicted octanol–water partition coefficient (Wildman–Crippen LogP) is 3.07. The first-order valence-electron chi connectivity index (χ1n) is 9.55. The zero-order valence-electron chi connectivity index (χ0n) is 16.0. The van der Waals surface area contributed by atoms with E-state index in [9.17, 15) is 10.2 Å². The van der Waals surface area contributed by atoms with Crippen LogP contribution in [-0.2, 0) is 11.3 Å². The van der Waals surface area contributed by atoms with Crippen LogP contribution >= 0.6 is 0 Å². The Balaban J connectivity index is 1.79. The highest BCUT2D eigenvalue weighted by Crippen LogP contribution is 2.39. The van der Waals surface area contributed by atoms with Gasteiger partial charge < -0.3 is 14.9 Å². The lowest BCUT2D eigenvalue weighted by Gasteiger charge is -2.39. The van der Waals surface area contributed by atoms with Crippen LogP contribution < -0.4 is 0 Å². The molecule has 2 N–H and O–H groups in total. The quantitative estimate of drug-likeness (QED) is 0.719. The highest BCUT2D eigenvalue weighted by Gasteiger charge is 2.32. The maximum atomic E-state index is 10.4. The molecule has 0 aromatic heterocycles. The van der Waals surface area contributed by atoms with Gasteiger partial charge in [-0.1, -0.05) is 51.1 Å². The summed E-state index contributed by atoms with van der Waals surface area (Å²) in [7, 11) is 0. The molecule has 1 saturated carbocycles. The van der Waals surface area contributed by atoms with Gasteiger partial charge in [0.15, 0.2) is 0 Å². The summed E-state index contributed by atoms with van der Waals surface area (Å²) in [6, 6.07) is 10.2. The van der Waals surface area contributed by atoms with E-state index >= 15 is 0 Å². The average molecular weight is 350 g/mol. The number of rotatable bonds is 9. The summed E-state index contributed by atoms with van der Waals surface area (Å²) in [5, 5.41) is 19.7. The Morgan fingerprint density at radius 1 is 1.24 bits per heavy atom. The monoisotopic (exact) mass is 349 g/mol. The normalized spacial score (nSPS) is 24.4. The Morgan fingerprint density at radius 3 is 2.60 bits per heavy atom. The minimum atomic E-state index is -0.532. The van der Waals surface area contributed by atoms with E-state index in [1.54, 1.807) is 0 Å². The Labute approximate surface area is 152 Å². The summed E-state index contributed by atoms with van der Waals surface area (Å²) < 4.78 is 6.04. The maximum Gasteiger partial charge on any atom is 0.0900 e. The lowest BCUT2D eigenvalue weighted by atomic mass is 9.71. The van der Waals surface area contributed by atoms with Crippen LogP contribution in [0.15, 0.2) is 30.3 Å². The van der Waals surface area contributed by atoms with E-state index in [1.165, 1.54) is 12.0 Å². The van der Waals surface area contributed by atoms with Gasteiger partial charge >= 0.3 is 0 Å². The second-order valence-corrected chi connectivity index (χ2v) is 8.47. The molecule has 1 aliphatic carbocycles. The Bertz CT molecular complexity index is 491. The summed E-state index contributed by atoms with van der Waals surface area (Å²) in [4.78, 5) is 2.08. The third kappa shape index (κ3) is 7.45. The van der Waals surface area contributed by atoms with Gasteiger partial charge in [0.2, 0.25) is 0 Å². The fourth-order valence-electron chi connectivity index (χ4n) is 4.20. The lowest BCUT2D eigenvalue weighted by Crippen LogP contribution is -2.39. The van der Waals surface area contributed by atoms with Crippen LogP contribution in [0.4, 0.5) is 0 Å². The average Bonchev–Trinajstić information content (AvgIpc) is 2.52. The van der Waals surface area contributed by atoms with Gasteiger partial charge in [-0.05, 0) is 36.2 Å². The first kappa shape index (κ1) is 20.4. The minimum Gasteiger partial charge on any atom is -0.395 e. The van der Waals surface area contributed by atoms with E-state index in [2.05, 4.69) is 37.8 Å². The van der Waals surface area contributed by atoms with E-state index < -0.39 is 6.10 Å². The second-order valence-electron chi connectivity index (χ2n) is 8.47. The summed E-state index contributed by atoms with van der Waals surface area (Å²) >= 11 is 0. The Kier molecular flexibility index (Phi) is 7.88. The summed E-state index contributed by atoms with van der Waals surface area (Å²) in [5.74, 6) is 0.676. The van der Waals surface area contributed by atoms with Crippen molar-refractivity contribution in [3.05, 3.63) is 35.9 Å². The fourth-order valence-corrected chi connectivity index (χ4v) is 4.20. The molecular formula is C21H35NO3. The first-order valence-corrected chi connectivity index (χ1v) is 9.55. The molecule has 142 valence electrons. The molecule has 0 saturated heterocycles. The number of hydrogen-bond acceptors (Lipinski definition) is 4. The number of benzene rings is 1. The summed E-state index contributed by atoms with van der Waals surface area (Å²) in [6.07, 6.45) is 3.11. The van der Waals surface area contributed by atoms with Crippen LogP contribution in [0.1, 0.15) is 45.6 Å². The number of nitrogens with zero attached hydrogens (tertiary/aromatic N) is 1. The molecule has 3 atom stereocenters. The number of aliphatic hydroxyl groups is 2. The van der Waals surface area contributed by atoms with E-state index in [1.807, 2.05) is 18.2 Å². The molecule has 0 bridgehead atoms. The second kappa shape index (κ2) is 9.67. The van der Waals surface area contributed by atoms with Crippen molar-refractivity contribution in [2.75, 3.05) is 26.3 Å². The highest BCUT2D eigenvalue weighted by molar-refractivity contribution is 5.14. The lowest BCUT2D eigenvalue weighted by molar-refractivity contribution is -0.0623. The third-order valence-electron chi connectivity index (χ3n) is 5.01. The van der Waals surface area contributed by atoms with Gasteiger partial charge in [-0.25, -0.2) is 0 Å². The number of aliphatic hydroxyl groups excluding tert-OH is 2. The van der Waals surface area contributed by atoms with E-state index in [0.29, 0.717) is 31.0 Å². The number of hydrogen-bond donors (Lipinski definition) is 2.